The molecule has 0 saturated carbocycles. The lowest BCUT2D eigenvalue weighted by molar-refractivity contribution is -0.132. The number of benzene rings is 2. The third-order valence-corrected chi connectivity index (χ3v) is 5.47. The number of aromatic nitrogens is 2. The summed E-state index contributed by atoms with van der Waals surface area (Å²) < 4.78 is 13.3. The number of H-pyrrole nitrogens is 1. The van der Waals surface area contributed by atoms with Gasteiger partial charge in [-0.3, -0.25) is 4.79 Å². The van der Waals surface area contributed by atoms with Crippen LogP contribution in [0, 0.1) is 5.82 Å². The predicted molar refractivity (Wildman–Crippen MR) is 106 cm³/mol. The molecule has 0 bridgehead atoms. The quantitative estimate of drug-likeness (QED) is 0.689. The van der Waals surface area contributed by atoms with Crippen LogP contribution in [0.2, 0.25) is 0 Å². The molecule has 3 aromatic rings. The van der Waals surface area contributed by atoms with Crippen molar-refractivity contribution in [3.63, 3.8) is 0 Å². The number of carbonyl (C=O) groups is 2. The Morgan fingerprint density at radius 2 is 2.00 bits per heavy atom. The molecule has 0 spiro atoms. The molecule has 1 aromatic heterocycles. The maximum atomic E-state index is 13.3. The van der Waals surface area contributed by atoms with Crippen molar-refractivity contribution in [1.29, 1.82) is 0 Å². The number of nitrogens with one attached hydrogen (secondary N) is 1. The summed E-state index contributed by atoms with van der Waals surface area (Å²) >= 11 is 0. The first-order chi connectivity index (χ1) is 14.0. The highest BCUT2D eigenvalue weighted by Crippen LogP contribution is 2.27. The smallest absolute Gasteiger partial charge is 0.335 e. The van der Waals surface area contributed by atoms with Gasteiger partial charge in [0.05, 0.1) is 16.6 Å². The molecule has 1 saturated heterocycles. The number of piperidine rings is 1. The normalized spacial score (nSPS) is 16.9. The Morgan fingerprint density at radius 3 is 2.76 bits per heavy atom. The molecule has 1 amide bonds. The lowest BCUT2D eigenvalue weighted by atomic mass is 9.90. The fourth-order valence-corrected chi connectivity index (χ4v) is 3.91. The minimum absolute atomic E-state index is 0.0727. The van der Waals surface area contributed by atoms with Crippen LogP contribution >= 0.6 is 0 Å². The number of aryl methyl sites for hydroxylation is 1. The number of hydrogen-bond acceptors (Lipinski definition) is 3. The first kappa shape index (κ1) is 19.1. The van der Waals surface area contributed by atoms with Gasteiger partial charge in [-0.25, -0.2) is 14.2 Å². The molecule has 0 aliphatic carbocycles. The second kappa shape index (κ2) is 8.03. The molecule has 0 radical (unpaired) electrons. The lowest BCUT2D eigenvalue weighted by Gasteiger charge is -2.33. The van der Waals surface area contributed by atoms with Crippen molar-refractivity contribution in [3.05, 3.63) is 65.2 Å². The number of aromatic carboxylic acids is 1. The van der Waals surface area contributed by atoms with Crippen molar-refractivity contribution in [2.45, 2.75) is 31.6 Å². The number of imidazole rings is 1. The molecular weight excluding hydrogens is 373 g/mol. The number of halogens is 1. The van der Waals surface area contributed by atoms with Gasteiger partial charge in [0.25, 0.3) is 0 Å². The summed E-state index contributed by atoms with van der Waals surface area (Å²) in [5.41, 5.74) is 2.65. The van der Waals surface area contributed by atoms with Crippen LogP contribution in [0.5, 0.6) is 0 Å². The third kappa shape index (κ3) is 4.29. The van der Waals surface area contributed by atoms with Crippen molar-refractivity contribution in [3.8, 4) is 0 Å². The summed E-state index contributed by atoms with van der Waals surface area (Å²) in [7, 11) is 0. The number of hydrogen-bond donors (Lipinski definition) is 2. The molecule has 1 atom stereocenters. The molecule has 1 fully saturated rings. The number of likely N-dealkylation sites (tertiary alicyclic amines) is 1. The van der Waals surface area contributed by atoms with Crippen LogP contribution in [-0.4, -0.2) is 44.9 Å². The third-order valence-electron chi connectivity index (χ3n) is 5.47. The van der Waals surface area contributed by atoms with E-state index in [0.29, 0.717) is 36.2 Å². The fourth-order valence-electron chi connectivity index (χ4n) is 3.91. The number of rotatable bonds is 5. The molecule has 1 aliphatic rings. The summed E-state index contributed by atoms with van der Waals surface area (Å²) in [6.45, 7) is 1.37. The van der Waals surface area contributed by atoms with E-state index in [9.17, 15) is 14.0 Å². The van der Waals surface area contributed by atoms with Crippen LogP contribution in [0.4, 0.5) is 4.39 Å². The highest BCUT2D eigenvalue weighted by atomic mass is 19.1. The highest BCUT2D eigenvalue weighted by molar-refractivity contribution is 5.87. The van der Waals surface area contributed by atoms with Crippen LogP contribution in [-0.2, 0) is 11.2 Å². The molecule has 2 aromatic carbocycles. The fraction of sp³-hybridized carbons (Fsp3) is 0.318. The monoisotopic (exact) mass is 395 g/mol. The van der Waals surface area contributed by atoms with E-state index in [4.69, 9.17) is 5.11 Å². The Kier molecular flexibility index (Phi) is 5.29. The van der Waals surface area contributed by atoms with E-state index in [1.54, 1.807) is 18.2 Å². The van der Waals surface area contributed by atoms with E-state index in [-0.39, 0.29) is 23.2 Å². The van der Waals surface area contributed by atoms with Crippen LogP contribution in [0.15, 0.2) is 42.5 Å². The summed E-state index contributed by atoms with van der Waals surface area (Å²) in [5.74, 6) is -0.296. The highest BCUT2D eigenvalue weighted by Gasteiger charge is 2.25. The Morgan fingerprint density at radius 1 is 1.21 bits per heavy atom. The number of fused-ring (bicyclic) bond motifs is 1. The van der Waals surface area contributed by atoms with Crippen molar-refractivity contribution in [1.82, 2.24) is 14.9 Å². The van der Waals surface area contributed by atoms with Gasteiger partial charge in [0.1, 0.15) is 11.6 Å². The number of carboxylic acid groups (broad SMARTS) is 1. The molecule has 29 heavy (non-hydrogen) atoms. The van der Waals surface area contributed by atoms with E-state index >= 15 is 0 Å². The first-order valence-corrected chi connectivity index (χ1v) is 9.75. The molecular formula is C22H22FN3O3. The lowest BCUT2D eigenvalue weighted by Crippen LogP contribution is -2.39. The van der Waals surface area contributed by atoms with Crippen LogP contribution < -0.4 is 0 Å². The summed E-state index contributed by atoms with van der Waals surface area (Å²) in [5, 5.41) is 9.03. The standard InChI is InChI=1S/C22H22FN3O3/c23-17-7-8-18-19(12-17)25-20(24-18)9-10-21(27)26-11-1-2-16(13-26)14-3-5-15(6-4-14)22(28)29/h3-8,12,16H,1-2,9-11,13H2,(H,24,25)(H,28,29)/t16-/m1/s1. The number of nitrogens with zero attached hydrogens (tertiary/aromatic N) is 2. The van der Waals surface area contributed by atoms with Crippen molar-refractivity contribution >= 4 is 22.9 Å². The van der Waals surface area contributed by atoms with Gasteiger partial charge < -0.3 is 15.0 Å². The molecule has 7 heteroatoms. The topological polar surface area (TPSA) is 86.3 Å². The molecule has 2 heterocycles. The minimum Gasteiger partial charge on any atom is -0.478 e. The second-order valence-corrected chi connectivity index (χ2v) is 7.45. The van der Waals surface area contributed by atoms with E-state index in [1.807, 2.05) is 17.0 Å². The van der Waals surface area contributed by atoms with Gasteiger partial charge in [-0.15, -0.1) is 0 Å². The first-order valence-electron chi connectivity index (χ1n) is 9.75. The van der Waals surface area contributed by atoms with Crippen molar-refractivity contribution in [2.75, 3.05) is 13.1 Å². The van der Waals surface area contributed by atoms with E-state index < -0.39 is 5.97 Å². The zero-order valence-electron chi connectivity index (χ0n) is 15.9. The Balaban J connectivity index is 1.37. The average molecular weight is 395 g/mol. The summed E-state index contributed by atoms with van der Waals surface area (Å²) in [4.78, 5) is 33.1. The van der Waals surface area contributed by atoms with Gasteiger partial charge in [0.2, 0.25) is 5.91 Å². The van der Waals surface area contributed by atoms with Gasteiger partial charge in [-0.2, -0.15) is 0 Å². The average Bonchev–Trinajstić information content (AvgIpc) is 3.14. The van der Waals surface area contributed by atoms with Gasteiger partial charge in [-0.1, -0.05) is 12.1 Å². The van der Waals surface area contributed by atoms with Crippen LogP contribution in [0.3, 0.4) is 0 Å². The van der Waals surface area contributed by atoms with Gasteiger partial charge in [0, 0.05) is 31.8 Å². The van der Waals surface area contributed by atoms with Gasteiger partial charge >= 0.3 is 5.97 Å². The Bertz CT molecular complexity index is 1050. The number of aromatic amines is 1. The van der Waals surface area contributed by atoms with E-state index in [2.05, 4.69) is 9.97 Å². The SMILES string of the molecule is O=C(O)c1ccc([C@@H]2CCCN(C(=O)CCc3nc4ccc(F)cc4[nH]3)C2)cc1. The van der Waals surface area contributed by atoms with Crippen molar-refractivity contribution in [2.24, 2.45) is 0 Å². The maximum Gasteiger partial charge on any atom is 0.335 e. The summed E-state index contributed by atoms with van der Waals surface area (Å²) in [6.07, 6.45) is 2.71. The molecule has 6 nitrogen and oxygen atoms in total. The Hall–Kier alpha value is -3.22. The van der Waals surface area contributed by atoms with Crippen molar-refractivity contribution < 1.29 is 19.1 Å². The zero-order valence-corrected chi connectivity index (χ0v) is 15.9. The molecule has 0 unspecified atom stereocenters. The summed E-state index contributed by atoms with van der Waals surface area (Å²) in [6, 6.07) is 11.3. The number of carbonyl (C=O) groups excluding carboxylic acids is 1. The van der Waals surface area contributed by atoms with Crippen LogP contribution in [0.1, 0.15) is 46.9 Å². The minimum atomic E-state index is -0.940. The molecule has 150 valence electrons. The molecule has 2 N–H and O–H groups in total. The number of carboxylic acids is 1. The van der Waals surface area contributed by atoms with Gasteiger partial charge in [0.15, 0.2) is 0 Å². The maximum absolute atomic E-state index is 13.3. The largest absolute Gasteiger partial charge is 0.478 e. The number of amides is 1. The van der Waals surface area contributed by atoms with E-state index in [1.165, 1.54) is 12.1 Å². The zero-order chi connectivity index (χ0) is 20.4. The van der Waals surface area contributed by atoms with E-state index in [0.717, 1.165) is 24.9 Å². The molecule has 4 rings (SSSR count). The Labute approximate surface area is 167 Å². The van der Waals surface area contributed by atoms with Gasteiger partial charge in [-0.05, 0) is 48.7 Å². The van der Waals surface area contributed by atoms with Crippen LogP contribution in [0.25, 0.3) is 11.0 Å². The molecule has 1 aliphatic heterocycles. The second-order valence-electron chi connectivity index (χ2n) is 7.45. The predicted octanol–water partition coefficient (Wildman–Crippen LogP) is 3.74.